The van der Waals surface area contributed by atoms with E-state index in [0.29, 0.717) is 23.9 Å². The minimum Gasteiger partial charge on any atom is -0.457 e. The maximum atomic E-state index is 10.7. The third kappa shape index (κ3) is 6.29. The molecule has 0 saturated carbocycles. The fourth-order valence-electron chi connectivity index (χ4n) is 1.92. The first kappa shape index (κ1) is 20.7. The van der Waals surface area contributed by atoms with E-state index in [1.54, 1.807) is 47.8 Å². The van der Waals surface area contributed by atoms with Gasteiger partial charge in [0.2, 0.25) is 0 Å². The minimum absolute atomic E-state index is 0.0207. The third-order valence-electron chi connectivity index (χ3n) is 3.06. The average molecular weight is 413 g/mol. The molecule has 0 fully saturated rings. The molecule has 26 heavy (non-hydrogen) atoms. The highest BCUT2D eigenvalue weighted by molar-refractivity contribution is 8.68. The minimum atomic E-state index is -2.41. The Hall–Kier alpha value is -1.60. The van der Waals surface area contributed by atoms with Gasteiger partial charge >= 0.3 is 0 Å². The highest BCUT2D eigenvalue weighted by Gasteiger charge is 2.20. The van der Waals surface area contributed by atoms with Crippen LogP contribution in [0.25, 0.3) is 0 Å². The maximum Gasteiger partial charge on any atom is 0.297 e. The predicted molar refractivity (Wildman–Crippen MR) is 109 cm³/mol. The summed E-state index contributed by atoms with van der Waals surface area (Å²) in [4.78, 5) is 10.2. The monoisotopic (exact) mass is 413 g/mol. The molecule has 0 bridgehead atoms. The molecule has 0 aliphatic rings. The number of hydrogen-bond donors (Lipinski definition) is 0. The van der Waals surface area contributed by atoms with Gasteiger partial charge in [0.1, 0.15) is 17.2 Å². The zero-order valence-corrected chi connectivity index (χ0v) is 17.0. The van der Waals surface area contributed by atoms with Crippen molar-refractivity contribution in [1.82, 2.24) is 0 Å². The number of nitro benzene ring substituents is 1. The van der Waals surface area contributed by atoms with Gasteiger partial charge in [-0.2, -0.15) is 0 Å². The van der Waals surface area contributed by atoms with Crippen LogP contribution in [0.4, 0.5) is 5.69 Å². The van der Waals surface area contributed by atoms with E-state index in [4.69, 9.17) is 25.6 Å². The van der Waals surface area contributed by atoms with Crippen molar-refractivity contribution in [1.29, 1.82) is 0 Å². The van der Waals surface area contributed by atoms with Gasteiger partial charge in [-0.25, -0.2) is 0 Å². The molecule has 0 N–H and O–H groups in total. The molecule has 0 amide bonds. The van der Waals surface area contributed by atoms with E-state index in [0.717, 1.165) is 12.2 Å². The molecule has 0 radical (unpaired) electrons. The number of rotatable bonds is 10. The number of hydrogen-bond acceptors (Lipinski definition) is 7. The van der Waals surface area contributed by atoms with E-state index >= 15 is 0 Å². The molecule has 0 heterocycles. The number of non-ortho nitro benzene ring substituents is 1. The Kier molecular flexibility index (Phi) is 7.90. The zero-order chi connectivity index (χ0) is 19.0. The van der Waals surface area contributed by atoms with Gasteiger partial charge < -0.3 is 13.8 Å². The van der Waals surface area contributed by atoms with Crippen molar-refractivity contribution in [2.45, 2.75) is 20.3 Å². The molecule has 6 nitrogen and oxygen atoms in total. The Morgan fingerprint density at radius 2 is 1.58 bits per heavy atom. The number of benzene rings is 2. The molecule has 0 aliphatic heterocycles. The van der Waals surface area contributed by atoms with Gasteiger partial charge in [0.25, 0.3) is 11.4 Å². The Balaban J connectivity index is 2.02. The second-order valence-electron chi connectivity index (χ2n) is 5.11. The molecule has 1 unspecified atom stereocenters. The zero-order valence-electron chi connectivity index (χ0n) is 14.5. The molecular formula is C17H20NO5PS2. The first-order chi connectivity index (χ1) is 12.5. The fraction of sp³-hybridized carbons (Fsp3) is 0.294. The van der Waals surface area contributed by atoms with Crippen LogP contribution >= 0.6 is 17.1 Å². The van der Waals surface area contributed by atoms with Crippen LogP contribution in [-0.2, 0) is 16.3 Å². The second kappa shape index (κ2) is 9.92. The summed E-state index contributed by atoms with van der Waals surface area (Å²) in [5.74, 6) is 2.62. The summed E-state index contributed by atoms with van der Waals surface area (Å²) in [6, 6.07) is 13.0. The molecule has 0 aromatic heterocycles. The quantitative estimate of drug-likeness (QED) is 0.262. The van der Waals surface area contributed by atoms with Crippen molar-refractivity contribution in [3.63, 3.8) is 0 Å². The molecule has 0 spiro atoms. The summed E-state index contributed by atoms with van der Waals surface area (Å²) in [5.41, 5.74) is -2.39. The first-order valence-electron chi connectivity index (χ1n) is 8.07. The van der Waals surface area contributed by atoms with Crippen LogP contribution in [0.15, 0.2) is 48.5 Å². The van der Waals surface area contributed by atoms with Crippen molar-refractivity contribution >= 4 is 34.6 Å². The van der Waals surface area contributed by atoms with Crippen molar-refractivity contribution in [2.24, 2.45) is 0 Å². The SMILES string of the molecule is CCCSP(=S)(OCC)Oc1ccc(Oc2ccc([N+](=O)[O-])cc2)cc1. The van der Waals surface area contributed by atoms with Crippen molar-refractivity contribution in [2.75, 3.05) is 12.4 Å². The van der Waals surface area contributed by atoms with Crippen LogP contribution in [0.5, 0.6) is 17.2 Å². The number of nitro groups is 1. The van der Waals surface area contributed by atoms with Gasteiger partial charge in [0.05, 0.1) is 11.5 Å². The standard InChI is InChI=1S/C17H20NO5PS2/c1-3-13-26-24(25,21-4-2)23-17-11-9-16(10-12-17)22-15-7-5-14(6-8-15)18(19)20/h5-12H,3-4,13H2,1-2H3. The highest BCUT2D eigenvalue weighted by atomic mass is 32.9. The molecule has 2 aromatic rings. The molecule has 0 aliphatic carbocycles. The molecular weight excluding hydrogens is 393 g/mol. The fourth-order valence-corrected chi connectivity index (χ4v) is 6.62. The lowest BCUT2D eigenvalue weighted by molar-refractivity contribution is -0.384. The molecule has 2 aromatic carbocycles. The topological polar surface area (TPSA) is 70.8 Å². The largest absolute Gasteiger partial charge is 0.457 e. The highest BCUT2D eigenvalue weighted by Crippen LogP contribution is 2.60. The van der Waals surface area contributed by atoms with Crippen LogP contribution in [0.2, 0.25) is 0 Å². The third-order valence-corrected chi connectivity index (χ3v) is 8.51. The van der Waals surface area contributed by atoms with Crippen LogP contribution in [-0.4, -0.2) is 17.3 Å². The van der Waals surface area contributed by atoms with Gasteiger partial charge in [0, 0.05) is 17.9 Å². The summed E-state index contributed by atoms with van der Waals surface area (Å²) in [6.45, 7) is 4.50. The Labute approximate surface area is 161 Å². The van der Waals surface area contributed by atoms with Crippen LogP contribution in [0.1, 0.15) is 20.3 Å². The van der Waals surface area contributed by atoms with E-state index in [2.05, 4.69) is 6.92 Å². The van der Waals surface area contributed by atoms with E-state index in [1.807, 2.05) is 6.92 Å². The van der Waals surface area contributed by atoms with Crippen LogP contribution in [0, 0.1) is 10.1 Å². The first-order valence-corrected chi connectivity index (χ1v) is 12.3. The molecule has 140 valence electrons. The van der Waals surface area contributed by atoms with Gasteiger partial charge in [-0.15, -0.1) is 0 Å². The van der Waals surface area contributed by atoms with E-state index in [-0.39, 0.29) is 5.69 Å². The van der Waals surface area contributed by atoms with E-state index < -0.39 is 10.6 Å². The molecule has 1 atom stereocenters. The van der Waals surface area contributed by atoms with Crippen molar-refractivity contribution in [3.05, 3.63) is 58.6 Å². The summed E-state index contributed by atoms with van der Waals surface area (Å²) >= 11 is 7.11. The van der Waals surface area contributed by atoms with Gasteiger partial charge in [0.15, 0.2) is 0 Å². The second-order valence-corrected chi connectivity index (χ2v) is 11.5. The number of nitrogens with zero attached hydrogens (tertiary/aromatic N) is 1. The Bertz CT molecular complexity index is 768. The Morgan fingerprint density at radius 1 is 1.04 bits per heavy atom. The molecule has 2 rings (SSSR count). The van der Waals surface area contributed by atoms with Crippen molar-refractivity contribution < 1.29 is 18.7 Å². The molecule has 0 saturated heterocycles. The normalized spacial score (nSPS) is 13.0. The Morgan fingerprint density at radius 3 is 2.08 bits per heavy atom. The van der Waals surface area contributed by atoms with E-state index in [1.165, 1.54) is 12.1 Å². The lowest BCUT2D eigenvalue weighted by Crippen LogP contribution is -1.96. The maximum absolute atomic E-state index is 10.7. The van der Waals surface area contributed by atoms with Crippen LogP contribution in [0.3, 0.4) is 0 Å². The molecule has 9 heteroatoms. The predicted octanol–water partition coefficient (Wildman–Crippen LogP) is 6.17. The summed E-state index contributed by atoms with van der Waals surface area (Å²) < 4.78 is 17.3. The van der Waals surface area contributed by atoms with Crippen molar-refractivity contribution in [3.8, 4) is 17.2 Å². The lowest BCUT2D eigenvalue weighted by Gasteiger charge is -2.21. The van der Waals surface area contributed by atoms with Gasteiger partial charge in [-0.3, -0.25) is 10.1 Å². The van der Waals surface area contributed by atoms with E-state index in [9.17, 15) is 10.1 Å². The lowest BCUT2D eigenvalue weighted by atomic mass is 10.3. The summed E-state index contributed by atoms with van der Waals surface area (Å²) in [7, 11) is 0. The summed E-state index contributed by atoms with van der Waals surface area (Å²) in [5, 5.41) is 10.7. The number of ether oxygens (including phenoxy) is 1. The van der Waals surface area contributed by atoms with Crippen LogP contribution < -0.4 is 9.26 Å². The average Bonchev–Trinajstić information content (AvgIpc) is 2.62. The smallest absolute Gasteiger partial charge is 0.297 e. The van der Waals surface area contributed by atoms with Gasteiger partial charge in [-0.05, 0) is 61.5 Å². The summed E-state index contributed by atoms with van der Waals surface area (Å²) in [6.07, 6.45) is 1.00. The van der Waals surface area contributed by atoms with Gasteiger partial charge in [-0.1, -0.05) is 18.3 Å².